The topological polar surface area (TPSA) is 38.3 Å². The van der Waals surface area contributed by atoms with E-state index in [-0.39, 0.29) is 0 Å². The fourth-order valence-corrected chi connectivity index (χ4v) is 2.45. The number of ether oxygens (including phenoxy) is 1. The number of hydrogen-bond donors (Lipinski definition) is 0. The number of nitrogens with zero attached hydrogens (tertiary/aromatic N) is 3. The molecule has 19 heavy (non-hydrogen) atoms. The molecular weight excluding hydrogens is 238 g/mol. The molecule has 0 spiro atoms. The molecule has 0 aromatic carbocycles. The van der Waals surface area contributed by atoms with Crippen molar-refractivity contribution in [2.24, 2.45) is 5.92 Å². The summed E-state index contributed by atoms with van der Waals surface area (Å²) < 4.78 is 5.58. The minimum Gasteiger partial charge on any atom is -0.464 e. The average Bonchev–Trinajstić information content (AvgIpc) is 2.41. The van der Waals surface area contributed by atoms with E-state index in [4.69, 9.17) is 4.74 Å². The summed E-state index contributed by atoms with van der Waals surface area (Å²) in [6.45, 7) is 8.61. The summed E-state index contributed by atoms with van der Waals surface area (Å²) in [6, 6.07) is 0. The zero-order valence-corrected chi connectivity index (χ0v) is 11.9. The highest BCUT2D eigenvalue weighted by Gasteiger charge is 2.20. The fraction of sp³-hybridized carbons (Fsp3) is 0.600. The maximum atomic E-state index is 5.58. The van der Waals surface area contributed by atoms with Gasteiger partial charge in [-0.3, -0.25) is 0 Å². The molecule has 1 atom stereocenters. The molecular formula is C15H21N3O. The lowest BCUT2D eigenvalue weighted by Crippen LogP contribution is -2.35. The van der Waals surface area contributed by atoms with Crippen LogP contribution in [-0.4, -0.2) is 29.7 Å². The normalized spacial score (nSPS) is 18.7. The molecule has 0 radical (unpaired) electrons. The monoisotopic (exact) mass is 259 g/mol. The zero-order chi connectivity index (χ0) is 13.7. The molecule has 0 N–H and O–H groups in total. The van der Waals surface area contributed by atoms with Gasteiger partial charge in [0.05, 0.1) is 5.56 Å². The first-order valence-corrected chi connectivity index (χ1v) is 6.81. The van der Waals surface area contributed by atoms with E-state index in [1.54, 1.807) is 13.3 Å². The van der Waals surface area contributed by atoms with Crippen LogP contribution in [0.3, 0.4) is 0 Å². The molecule has 2 heterocycles. The Morgan fingerprint density at radius 2 is 2.32 bits per heavy atom. The first-order valence-electron chi connectivity index (χ1n) is 6.81. The molecule has 1 saturated heterocycles. The minimum atomic E-state index is 0.379. The van der Waals surface area contributed by atoms with Gasteiger partial charge in [0.15, 0.2) is 6.61 Å². The number of piperidine rings is 1. The van der Waals surface area contributed by atoms with Crippen LogP contribution in [-0.2, 0) is 0 Å². The molecule has 1 aliphatic heterocycles. The van der Waals surface area contributed by atoms with Crippen molar-refractivity contribution in [3.63, 3.8) is 0 Å². The Balaban J connectivity index is 2.15. The molecule has 0 saturated carbocycles. The number of anilines is 1. The van der Waals surface area contributed by atoms with Crippen LogP contribution in [0.15, 0.2) is 6.33 Å². The van der Waals surface area contributed by atoms with Gasteiger partial charge in [-0.05, 0) is 32.6 Å². The quantitative estimate of drug-likeness (QED) is 0.781. The zero-order valence-electron chi connectivity index (χ0n) is 11.9. The molecule has 1 aromatic rings. The van der Waals surface area contributed by atoms with Crippen LogP contribution in [0, 0.1) is 24.7 Å². The maximum Gasteiger partial charge on any atom is 0.222 e. The first-order chi connectivity index (χ1) is 9.22. The van der Waals surface area contributed by atoms with Crippen molar-refractivity contribution in [3.05, 3.63) is 11.9 Å². The van der Waals surface area contributed by atoms with E-state index in [2.05, 4.69) is 33.6 Å². The molecule has 0 aliphatic carbocycles. The number of rotatable bonds is 3. The molecule has 2 rings (SSSR count). The second-order valence-electron chi connectivity index (χ2n) is 5.04. The van der Waals surface area contributed by atoms with Crippen molar-refractivity contribution in [2.45, 2.75) is 33.6 Å². The van der Waals surface area contributed by atoms with Crippen molar-refractivity contribution < 1.29 is 4.74 Å². The van der Waals surface area contributed by atoms with Gasteiger partial charge in [-0.25, -0.2) is 9.97 Å². The van der Waals surface area contributed by atoms with Gasteiger partial charge in [-0.2, -0.15) is 0 Å². The Kier molecular flexibility index (Phi) is 4.62. The predicted octanol–water partition coefficient (Wildman–Crippen LogP) is 2.42. The van der Waals surface area contributed by atoms with Crippen molar-refractivity contribution in [3.8, 4) is 17.7 Å². The van der Waals surface area contributed by atoms with E-state index in [0.29, 0.717) is 12.5 Å². The summed E-state index contributed by atoms with van der Waals surface area (Å²) in [7, 11) is 0. The van der Waals surface area contributed by atoms with E-state index in [9.17, 15) is 0 Å². The third kappa shape index (κ3) is 3.37. The van der Waals surface area contributed by atoms with Gasteiger partial charge in [0, 0.05) is 13.1 Å². The molecule has 102 valence electrons. The Bertz CT molecular complexity index is 490. The first kappa shape index (κ1) is 13.7. The summed E-state index contributed by atoms with van der Waals surface area (Å²) in [5, 5.41) is 0. The maximum absolute atomic E-state index is 5.58. The Hall–Kier alpha value is -1.76. The Morgan fingerprint density at radius 1 is 1.47 bits per heavy atom. The smallest absolute Gasteiger partial charge is 0.222 e. The van der Waals surface area contributed by atoms with Gasteiger partial charge in [0.1, 0.15) is 12.1 Å². The molecule has 4 heteroatoms. The third-order valence-electron chi connectivity index (χ3n) is 3.43. The molecule has 0 amide bonds. The van der Waals surface area contributed by atoms with Crippen LogP contribution < -0.4 is 9.64 Å². The van der Waals surface area contributed by atoms with Crippen LogP contribution in [0.2, 0.25) is 0 Å². The summed E-state index contributed by atoms with van der Waals surface area (Å²) in [5.41, 5.74) is 1.01. The van der Waals surface area contributed by atoms with Crippen molar-refractivity contribution in [1.29, 1.82) is 0 Å². The van der Waals surface area contributed by atoms with Crippen LogP contribution in [0.25, 0.3) is 0 Å². The highest BCUT2D eigenvalue weighted by Crippen LogP contribution is 2.27. The molecule has 1 aliphatic rings. The highest BCUT2D eigenvalue weighted by molar-refractivity contribution is 5.50. The van der Waals surface area contributed by atoms with E-state index in [1.165, 1.54) is 12.8 Å². The molecule has 4 nitrogen and oxygen atoms in total. The standard InChI is InChI=1S/C15H21N3O/c1-4-5-9-19-15-13(3)14(16-11-17-15)18-8-6-7-12(2)10-18/h11-12H,6-10H2,1-3H3. The van der Waals surface area contributed by atoms with Crippen molar-refractivity contribution in [2.75, 3.05) is 24.6 Å². The summed E-state index contributed by atoms with van der Waals surface area (Å²) >= 11 is 0. The van der Waals surface area contributed by atoms with Gasteiger partial charge in [0.25, 0.3) is 0 Å². The van der Waals surface area contributed by atoms with E-state index < -0.39 is 0 Å². The molecule has 1 unspecified atom stereocenters. The van der Waals surface area contributed by atoms with Crippen LogP contribution in [0.5, 0.6) is 5.88 Å². The Morgan fingerprint density at radius 3 is 3.05 bits per heavy atom. The van der Waals surface area contributed by atoms with E-state index in [1.807, 2.05) is 6.92 Å². The lowest BCUT2D eigenvalue weighted by molar-refractivity contribution is 0.351. The van der Waals surface area contributed by atoms with Gasteiger partial charge < -0.3 is 9.64 Å². The van der Waals surface area contributed by atoms with Gasteiger partial charge in [-0.1, -0.05) is 12.8 Å². The van der Waals surface area contributed by atoms with Crippen LogP contribution in [0.4, 0.5) is 5.82 Å². The lowest BCUT2D eigenvalue weighted by Gasteiger charge is -2.32. The van der Waals surface area contributed by atoms with Crippen LogP contribution in [0.1, 0.15) is 32.3 Å². The number of hydrogen-bond acceptors (Lipinski definition) is 4. The third-order valence-corrected chi connectivity index (χ3v) is 3.43. The van der Waals surface area contributed by atoms with Crippen molar-refractivity contribution in [1.82, 2.24) is 9.97 Å². The highest BCUT2D eigenvalue weighted by atomic mass is 16.5. The van der Waals surface area contributed by atoms with Crippen LogP contribution >= 0.6 is 0 Å². The summed E-state index contributed by atoms with van der Waals surface area (Å²) in [6.07, 6.45) is 4.11. The summed E-state index contributed by atoms with van der Waals surface area (Å²) in [5.74, 6) is 8.06. The Labute approximate surface area is 115 Å². The largest absolute Gasteiger partial charge is 0.464 e. The summed E-state index contributed by atoms with van der Waals surface area (Å²) in [4.78, 5) is 11.0. The van der Waals surface area contributed by atoms with Gasteiger partial charge in [0.2, 0.25) is 5.88 Å². The SMILES string of the molecule is CC#CCOc1ncnc(N2CCCC(C)C2)c1C. The lowest BCUT2D eigenvalue weighted by atomic mass is 10.00. The molecule has 1 aromatic heterocycles. The second kappa shape index (κ2) is 6.42. The molecule has 1 fully saturated rings. The predicted molar refractivity (Wildman–Crippen MR) is 76.3 cm³/mol. The van der Waals surface area contributed by atoms with Gasteiger partial charge in [-0.15, -0.1) is 5.92 Å². The van der Waals surface area contributed by atoms with Gasteiger partial charge >= 0.3 is 0 Å². The minimum absolute atomic E-state index is 0.379. The van der Waals surface area contributed by atoms with Crippen molar-refractivity contribution >= 4 is 5.82 Å². The second-order valence-corrected chi connectivity index (χ2v) is 5.04. The van der Waals surface area contributed by atoms with E-state index >= 15 is 0 Å². The molecule has 0 bridgehead atoms. The average molecular weight is 259 g/mol. The number of aromatic nitrogens is 2. The fourth-order valence-electron chi connectivity index (χ4n) is 2.45. The van der Waals surface area contributed by atoms with E-state index in [0.717, 1.165) is 30.4 Å².